The molecule has 118 valence electrons. The van der Waals surface area contributed by atoms with E-state index in [0.29, 0.717) is 18.5 Å². The van der Waals surface area contributed by atoms with Crippen LogP contribution in [0.5, 0.6) is 0 Å². The highest BCUT2D eigenvalue weighted by Crippen LogP contribution is 2.21. The van der Waals surface area contributed by atoms with Crippen LogP contribution in [0.2, 0.25) is 0 Å². The Hall–Kier alpha value is -2.04. The Balaban J connectivity index is 1.63. The molecule has 2 aromatic heterocycles. The van der Waals surface area contributed by atoms with Crippen molar-refractivity contribution in [3.8, 4) is 0 Å². The minimum absolute atomic E-state index is 0.537. The molecule has 0 amide bonds. The summed E-state index contributed by atoms with van der Waals surface area (Å²) in [6.07, 6.45) is 9.48. The summed E-state index contributed by atoms with van der Waals surface area (Å²) in [6.45, 7) is 2.59. The number of anilines is 2. The van der Waals surface area contributed by atoms with E-state index in [1.165, 1.54) is 38.5 Å². The monoisotopic (exact) mass is 300 g/mol. The summed E-state index contributed by atoms with van der Waals surface area (Å²) in [5, 5.41) is 6.80. The number of furan rings is 1. The number of nitrogens with zero attached hydrogens (tertiary/aromatic N) is 2. The lowest BCUT2D eigenvalue weighted by Crippen LogP contribution is -2.19. The van der Waals surface area contributed by atoms with E-state index in [2.05, 4.69) is 20.6 Å². The van der Waals surface area contributed by atoms with E-state index in [4.69, 9.17) is 4.42 Å². The van der Waals surface area contributed by atoms with Gasteiger partial charge in [0, 0.05) is 17.8 Å². The summed E-state index contributed by atoms with van der Waals surface area (Å²) >= 11 is 0. The number of aromatic nitrogens is 2. The average Bonchev–Trinajstić information content (AvgIpc) is 2.89. The van der Waals surface area contributed by atoms with Crippen molar-refractivity contribution >= 4 is 11.8 Å². The Morgan fingerprint density at radius 2 is 2.00 bits per heavy atom. The second-order valence-electron chi connectivity index (χ2n) is 5.98. The first-order valence-corrected chi connectivity index (χ1v) is 8.18. The molecule has 0 bridgehead atoms. The lowest BCUT2D eigenvalue weighted by Gasteiger charge is -2.17. The molecule has 1 aliphatic rings. The molecule has 0 aliphatic heterocycles. The SMILES string of the molecule is Cc1cc(NC2CCCCCC2)nc(NCc2ccco2)n1. The van der Waals surface area contributed by atoms with Gasteiger partial charge in [-0.2, -0.15) is 4.98 Å². The zero-order chi connectivity index (χ0) is 15.2. The summed E-state index contributed by atoms with van der Waals surface area (Å²) in [6, 6.07) is 6.37. The molecule has 2 aromatic rings. The number of rotatable bonds is 5. The van der Waals surface area contributed by atoms with Crippen molar-refractivity contribution in [3.05, 3.63) is 35.9 Å². The normalized spacial score (nSPS) is 16.2. The summed E-state index contributed by atoms with van der Waals surface area (Å²) in [7, 11) is 0. The van der Waals surface area contributed by atoms with Gasteiger partial charge in [0.2, 0.25) is 5.95 Å². The molecule has 2 heterocycles. The summed E-state index contributed by atoms with van der Waals surface area (Å²) in [5.74, 6) is 2.44. The van der Waals surface area contributed by atoms with Gasteiger partial charge >= 0.3 is 0 Å². The quantitative estimate of drug-likeness (QED) is 0.813. The van der Waals surface area contributed by atoms with Crippen LogP contribution in [0.3, 0.4) is 0 Å². The minimum atomic E-state index is 0.537. The average molecular weight is 300 g/mol. The molecular formula is C17H24N4O. The Morgan fingerprint density at radius 1 is 1.18 bits per heavy atom. The standard InChI is InChI=1S/C17H24N4O/c1-13-11-16(20-14-7-4-2-3-5-8-14)21-17(19-13)18-12-15-9-6-10-22-15/h6,9-11,14H,2-5,7-8,12H2,1H3,(H2,18,19,20,21). The van der Waals surface area contributed by atoms with Gasteiger partial charge in [-0.15, -0.1) is 0 Å². The van der Waals surface area contributed by atoms with Gasteiger partial charge in [-0.25, -0.2) is 4.98 Å². The smallest absolute Gasteiger partial charge is 0.225 e. The highest BCUT2D eigenvalue weighted by molar-refractivity contribution is 5.43. The van der Waals surface area contributed by atoms with Crippen LogP contribution in [0.4, 0.5) is 11.8 Å². The lowest BCUT2D eigenvalue weighted by atomic mass is 10.1. The maximum Gasteiger partial charge on any atom is 0.225 e. The molecule has 0 aromatic carbocycles. The zero-order valence-corrected chi connectivity index (χ0v) is 13.1. The van der Waals surface area contributed by atoms with Gasteiger partial charge in [-0.05, 0) is 31.9 Å². The molecule has 0 atom stereocenters. The maximum atomic E-state index is 5.32. The van der Waals surface area contributed by atoms with Crippen molar-refractivity contribution in [3.63, 3.8) is 0 Å². The third kappa shape index (κ3) is 4.23. The highest BCUT2D eigenvalue weighted by Gasteiger charge is 2.13. The summed E-state index contributed by atoms with van der Waals surface area (Å²) in [5.41, 5.74) is 0.966. The van der Waals surface area contributed by atoms with E-state index in [1.807, 2.05) is 25.1 Å². The van der Waals surface area contributed by atoms with Crippen LogP contribution in [-0.2, 0) is 6.54 Å². The second kappa shape index (κ2) is 7.29. The Kier molecular flexibility index (Phi) is 4.93. The van der Waals surface area contributed by atoms with Crippen molar-refractivity contribution in [1.82, 2.24) is 9.97 Å². The first kappa shape index (κ1) is 14.9. The fourth-order valence-electron chi connectivity index (χ4n) is 2.93. The van der Waals surface area contributed by atoms with Gasteiger partial charge in [0.15, 0.2) is 0 Å². The maximum absolute atomic E-state index is 5.32. The number of nitrogens with one attached hydrogen (secondary N) is 2. The molecule has 1 aliphatic carbocycles. The van der Waals surface area contributed by atoms with Gasteiger partial charge in [0.25, 0.3) is 0 Å². The molecule has 0 unspecified atom stereocenters. The molecule has 0 spiro atoms. The molecule has 22 heavy (non-hydrogen) atoms. The Bertz CT molecular complexity index is 574. The molecule has 1 saturated carbocycles. The van der Waals surface area contributed by atoms with E-state index in [-0.39, 0.29) is 0 Å². The first-order chi connectivity index (χ1) is 10.8. The fraction of sp³-hybridized carbons (Fsp3) is 0.529. The Morgan fingerprint density at radius 3 is 2.73 bits per heavy atom. The first-order valence-electron chi connectivity index (χ1n) is 8.18. The van der Waals surface area contributed by atoms with Gasteiger partial charge < -0.3 is 15.1 Å². The second-order valence-corrected chi connectivity index (χ2v) is 5.98. The lowest BCUT2D eigenvalue weighted by molar-refractivity contribution is 0.517. The van der Waals surface area contributed by atoms with E-state index in [0.717, 1.165) is 17.3 Å². The molecule has 2 N–H and O–H groups in total. The third-order valence-corrected chi connectivity index (χ3v) is 4.06. The van der Waals surface area contributed by atoms with Gasteiger partial charge in [-0.1, -0.05) is 25.7 Å². The van der Waals surface area contributed by atoms with Crippen molar-refractivity contribution in [2.45, 2.75) is 58.0 Å². The van der Waals surface area contributed by atoms with Gasteiger partial charge in [0.1, 0.15) is 11.6 Å². The van der Waals surface area contributed by atoms with Gasteiger partial charge in [0.05, 0.1) is 12.8 Å². The largest absolute Gasteiger partial charge is 0.467 e. The van der Waals surface area contributed by atoms with Crippen molar-refractivity contribution in [2.75, 3.05) is 10.6 Å². The van der Waals surface area contributed by atoms with Crippen LogP contribution in [-0.4, -0.2) is 16.0 Å². The molecule has 3 rings (SSSR count). The van der Waals surface area contributed by atoms with Crippen LogP contribution in [0.25, 0.3) is 0 Å². The molecule has 5 heteroatoms. The van der Waals surface area contributed by atoms with E-state index < -0.39 is 0 Å². The van der Waals surface area contributed by atoms with Crippen LogP contribution in [0.15, 0.2) is 28.9 Å². The van der Waals surface area contributed by atoms with Crippen LogP contribution in [0.1, 0.15) is 50.0 Å². The van der Waals surface area contributed by atoms with Crippen molar-refractivity contribution in [2.24, 2.45) is 0 Å². The molecule has 5 nitrogen and oxygen atoms in total. The summed E-state index contributed by atoms with van der Waals surface area (Å²) < 4.78 is 5.32. The predicted molar refractivity (Wildman–Crippen MR) is 87.9 cm³/mol. The molecular weight excluding hydrogens is 276 g/mol. The molecule has 1 fully saturated rings. The van der Waals surface area contributed by atoms with Crippen LogP contribution in [0, 0.1) is 6.92 Å². The Labute approximate surface area is 131 Å². The fourth-order valence-corrected chi connectivity index (χ4v) is 2.93. The number of aryl methyl sites for hydroxylation is 1. The molecule has 0 radical (unpaired) electrons. The third-order valence-electron chi connectivity index (χ3n) is 4.06. The summed E-state index contributed by atoms with van der Waals surface area (Å²) in [4.78, 5) is 9.02. The van der Waals surface area contributed by atoms with Crippen molar-refractivity contribution < 1.29 is 4.42 Å². The van der Waals surface area contributed by atoms with Crippen LogP contribution < -0.4 is 10.6 Å². The van der Waals surface area contributed by atoms with Crippen LogP contribution >= 0.6 is 0 Å². The van der Waals surface area contributed by atoms with Gasteiger partial charge in [-0.3, -0.25) is 0 Å². The number of hydrogen-bond donors (Lipinski definition) is 2. The zero-order valence-electron chi connectivity index (χ0n) is 13.1. The predicted octanol–water partition coefficient (Wildman–Crippen LogP) is 4.12. The minimum Gasteiger partial charge on any atom is -0.467 e. The van der Waals surface area contributed by atoms with E-state index >= 15 is 0 Å². The van der Waals surface area contributed by atoms with E-state index in [1.54, 1.807) is 6.26 Å². The topological polar surface area (TPSA) is 63.0 Å². The van der Waals surface area contributed by atoms with Crippen molar-refractivity contribution in [1.29, 1.82) is 0 Å². The van der Waals surface area contributed by atoms with E-state index in [9.17, 15) is 0 Å². The number of hydrogen-bond acceptors (Lipinski definition) is 5. The highest BCUT2D eigenvalue weighted by atomic mass is 16.3. The molecule has 0 saturated heterocycles.